The number of aliphatic imine (C=N–C) groups is 1. The summed E-state index contributed by atoms with van der Waals surface area (Å²) in [6.07, 6.45) is 3.24. The van der Waals surface area contributed by atoms with Crippen LogP contribution in [0.5, 0.6) is 0 Å². The second-order valence-electron chi connectivity index (χ2n) is 6.23. The first kappa shape index (κ1) is 20.4. The summed E-state index contributed by atoms with van der Waals surface area (Å²) in [5, 5.41) is 6.13. The average molecular weight is 399 g/mol. The zero-order valence-corrected chi connectivity index (χ0v) is 16.1. The summed E-state index contributed by atoms with van der Waals surface area (Å²) < 4.78 is 26.6. The molecule has 0 radical (unpaired) electrons. The Hall–Kier alpha value is -1.90. The van der Waals surface area contributed by atoms with Crippen molar-refractivity contribution in [3.63, 3.8) is 0 Å². The minimum Gasteiger partial charge on any atom is -0.352 e. The molecule has 0 fully saturated rings. The molecule has 0 saturated heterocycles. The van der Waals surface area contributed by atoms with E-state index in [0.29, 0.717) is 17.9 Å². The third-order valence-electron chi connectivity index (χ3n) is 4.16. The molecular weight excluding hydrogens is 376 g/mol. The van der Waals surface area contributed by atoms with Gasteiger partial charge in [0.25, 0.3) is 10.0 Å². The summed E-state index contributed by atoms with van der Waals surface area (Å²) in [7, 11) is -3.55. The van der Waals surface area contributed by atoms with Gasteiger partial charge in [-0.2, -0.15) is 0 Å². The highest BCUT2D eigenvalue weighted by Gasteiger charge is 2.30. The second kappa shape index (κ2) is 8.66. The lowest BCUT2D eigenvalue weighted by Gasteiger charge is -2.15. The topological polar surface area (TPSA) is 99.7 Å². The molecular formula is C17H23ClN4O3S. The van der Waals surface area contributed by atoms with Gasteiger partial charge < -0.3 is 10.6 Å². The number of hydrogen-bond donors (Lipinski definition) is 3. The third-order valence-corrected chi connectivity index (χ3v) is 5.56. The van der Waals surface area contributed by atoms with Crippen LogP contribution in [-0.4, -0.2) is 45.8 Å². The Kier molecular flexibility index (Phi) is 6.80. The van der Waals surface area contributed by atoms with Crippen molar-refractivity contribution in [1.82, 2.24) is 15.4 Å². The molecule has 1 aromatic rings. The molecule has 0 bridgehead atoms. The number of amidine groups is 1. The van der Waals surface area contributed by atoms with E-state index in [2.05, 4.69) is 26.4 Å². The standard InChI is InChI=1S/C17H22N4O3S.ClH/c1-12(10-16(22)19-11-13-6-8-18-9-7-13)20-17-14-4-2-3-5-15(14)25(23,24)21-17;/h2-6,12,18H,7-11H2,1H3,(H,19,22)(H,20,21);1H. The number of rotatable bonds is 5. The minimum atomic E-state index is -3.55. The van der Waals surface area contributed by atoms with Crippen LogP contribution in [0.15, 0.2) is 45.8 Å². The Morgan fingerprint density at radius 2 is 2.12 bits per heavy atom. The van der Waals surface area contributed by atoms with Gasteiger partial charge >= 0.3 is 0 Å². The van der Waals surface area contributed by atoms with Crippen molar-refractivity contribution in [1.29, 1.82) is 0 Å². The van der Waals surface area contributed by atoms with Gasteiger partial charge in [-0.25, -0.2) is 8.42 Å². The Balaban J connectivity index is 0.00000243. The van der Waals surface area contributed by atoms with Crippen molar-refractivity contribution in [2.24, 2.45) is 4.99 Å². The Morgan fingerprint density at radius 1 is 1.35 bits per heavy atom. The number of halogens is 1. The molecule has 0 saturated carbocycles. The molecule has 2 heterocycles. The maximum atomic E-state index is 12.1. The SMILES string of the molecule is CC(CC(=O)NCC1=CCNCC1)N=C1NS(=O)(=O)c2ccccc21.Cl. The fourth-order valence-corrected chi connectivity index (χ4v) is 4.12. The molecule has 1 atom stereocenters. The molecule has 0 aromatic heterocycles. The van der Waals surface area contributed by atoms with Crippen LogP contribution in [0.4, 0.5) is 0 Å². The summed E-state index contributed by atoms with van der Waals surface area (Å²) in [5.41, 5.74) is 1.78. The van der Waals surface area contributed by atoms with Gasteiger partial charge in [0.2, 0.25) is 5.91 Å². The monoisotopic (exact) mass is 398 g/mol. The molecule has 3 rings (SSSR count). The van der Waals surface area contributed by atoms with E-state index in [-0.39, 0.29) is 35.7 Å². The first-order valence-corrected chi connectivity index (χ1v) is 9.79. The molecule has 0 aliphatic carbocycles. The van der Waals surface area contributed by atoms with Crippen molar-refractivity contribution in [2.45, 2.75) is 30.7 Å². The van der Waals surface area contributed by atoms with Crippen LogP contribution in [0.25, 0.3) is 0 Å². The van der Waals surface area contributed by atoms with E-state index >= 15 is 0 Å². The number of sulfonamides is 1. The molecule has 142 valence electrons. The quantitative estimate of drug-likeness (QED) is 0.643. The van der Waals surface area contributed by atoms with Crippen LogP contribution in [0, 0.1) is 0 Å². The molecule has 1 unspecified atom stereocenters. The van der Waals surface area contributed by atoms with Gasteiger partial charge in [-0.05, 0) is 32.0 Å². The molecule has 3 N–H and O–H groups in total. The van der Waals surface area contributed by atoms with Gasteiger partial charge in [0.1, 0.15) is 5.84 Å². The fraction of sp³-hybridized carbons (Fsp3) is 0.412. The highest BCUT2D eigenvalue weighted by molar-refractivity contribution is 7.90. The molecule has 26 heavy (non-hydrogen) atoms. The van der Waals surface area contributed by atoms with Crippen LogP contribution < -0.4 is 15.4 Å². The summed E-state index contributed by atoms with van der Waals surface area (Å²) in [6, 6.07) is 6.37. The largest absolute Gasteiger partial charge is 0.352 e. The third kappa shape index (κ3) is 4.84. The van der Waals surface area contributed by atoms with Crippen molar-refractivity contribution in [3.05, 3.63) is 41.5 Å². The van der Waals surface area contributed by atoms with Crippen LogP contribution in [0.2, 0.25) is 0 Å². The van der Waals surface area contributed by atoms with Crippen molar-refractivity contribution in [3.8, 4) is 0 Å². The molecule has 1 amide bonds. The number of carbonyl (C=O) groups excluding carboxylic acids is 1. The highest BCUT2D eigenvalue weighted by atomic mass is 35.5. The van der Waals surface area contributed by atoms with Crippen molar-refractivity contribution in [2.75, 3.05) is 19.6 Å². The van der Waals surface area contributed by atoms with Gasteiger partial charge in [0.05, 0.1) is 10.9 Å². The van der Waals surface area contributed by atoms with E-state index in [1.165, 1.54) is 5.57 Å². The lowest BCUT2D eigenvalue weighted by atomic mass is 10.1. The molecule has 7 nitrogen and oxygen atoms in total. The predicted molar refractivity (Wildman–Crippen MR) is 103 cm³/mol. The maximum Gasteiger partial charge on any atom is 0.263 e. The fourth-order valence-electron chi connectivity index (χ4n) is 2.88. The van der Waals surface area contributed by atoms with E-state index in [0.717, 1.165) is 19.5 Å². The Labute approximate surface area is 159 Å². The van der Waals surface area contributed by atoms with Gasteiger partial charge in [0, 0.05) is 25.1 Å². The Bertz CT molecular complexity index is 836. The molecule has 2 aliphatic rings. The van der Waals surface area contributed by atoms with Crippen molar-refractivity contribution < 1.29 is 13.2 Å². The predicted octanol–water partition coefficient (Wildman–Crippen LogP) is 0.961. The molecule has 9 heteroatoms. The number of benzene rings is 1. The number of nitrogens with one attached hydrogen (secondary N) is 3. The highest BCUT2D eigenvalue weighted by Crippen LogP contribution is 2.22. The normalized spacial score (nSPS) is 20.3. The average Bonchev–Trinajstić information content (AvgIpc) is 2.85. The van der Waals surface area contributed by atoms with E-state index in [9.17, 15) is 13.2 Å². The van der Waals surface area contributed by atoms with E-state index < -0.39 is 10.0 Å². The minimum absolute atomic E-state index is 0. The Morgan fingerprint density at radius 3 is 2.85 bits per heavy atom. The van der Waals surface area contributed by atoms with Gasteiger partial charge in [-0.15, -0.1) is 12.4 Å². The number of amides is 1. The number of fused-ring (bicyclic) bond motifs is 1. The van der Waals surface area contributed by atoms with Crippen LogP contribution in [0.3, 0.4) is 0 Å². The van der Waals surface area contributed by atoms with Gasteiger partial charge in [-0.1, -0.05) is 23.8 Å². The van der Waals surface area contributed by atoms with Crippen LogP contribution in [-0.2, 0) is 14.8 Å². The lowest BCUT2D eigenvalue weighted by Crippen LogP contribution is -2.31. The number of hydrogen-bond acceptors (Lipinski definition) is 5. The molecule has 1 aromatic carbocycles. The molecule has 0 spiro atoms. The molecule has 2 aliphatic heterocycles. The van der Waals surface area contributed by atoms with Crippen LogP contribution in [0.1, 0.15) is 25.3 Å². The summed E-state index contributed by atoms with van der Waals surface area (Å²) in [4.78, 5) is 16.7. The van der Waals surface area contributed by atoms with Gasteiger partial charge in [0.15, 0.2) is 0 Å². The zero-order chi connectivity index (χ0) is 17.9. The van der Waals surface area contributed by atoms with E-state index in [1.807, 2.05) is 0 Å². The zero-order valence-electron chi connectivity index (χ0n) is 14.5. The van der Waals surface area contributed by atoms with Gasteiger partial charge in [-0.3, -0.25) is 14.5 Å². The first-order chi connectivity index (χ1) is 12.0. The smallest absolute Gasteiger partial charge is 0.263 e. The van der Waals surface area contributed by atoms with E-state index in [4.69, 9.17) is 0 Å². The number of carbonyl (C=O) groups is 1. The van der Waals surface area contributed by atoms with Crippen LogP contribution >= 0.6 is 12.4 Å². The summed E-state index contributed by atoms with van der Waals surface area (Å²) in [5.74, 6) is 0.211. The van der Waals surface area contributed by atoms with Crippen molar-refractivity contribution >= 4 is 34.2 Å². The summed E-state index contributed by atoms with van der Waals surface area (Å²) in [6.45, 7) is 4.13. The number of nitrogens with zero attached hydrogens (tertiary/aromatic N) is 1. The lowest BCUT2D eigenvalue weighted by molar-refractivity contribution is -0.121. The summed E-state index contributed by atoms with van der Waals surface area (Å²) >= 11 is 0. The van der Waals surface area contributed by atoms with E-state index in [1.54, 1.807) is 31.2 Å². The first-order valence-electron chi connectivity index (χ1n) is 8.31. The second-order valence-corrected chi connectivity index (χ2v) is 7.88. The maximum absolute atomic E-state index is 12.1.